The number of aryl methyl sites for hydroxylation is 2. The Morgan fingerprint density at radius 1 is 0.329 bits per heavy atom. The summed E-state index contributed by atoms with van der Waals surface area (Å²) >= 11 is 0. The molecule has 1 heterocycles. The highest BCUT2D eigenvalue weighted by Crippen LogP contribution is 2.41. The summed E-state index contributed by atoms with van der Waals surface area (Å²) in [6.45, 7) is 15.9. The summed E-state index contributed by atoms with van der Waals surface area (Å²) < 4.78 is 26.0. The van der Waals surface area contributed by atoms with Gasteiger partial charge in [0.2, 0.25) is 0 Å². The lowest BCUT2D eigenvalue weighted by Gasteiger charge is -2.26. The van der Waals surface area contributed by atoms with Crippen molar-refractivity contribution in [1.29, 1.82) is 0 Å². The van der Waals surface area contributed by atoms with Gasteiger partial charge < -0.3 is 23.8 Å². The Morgan fingerprint density at radius 3 is 1.03 bits per heavy atom. The molecule has 7 aromatic rings. The zero-order valence-electron chi connectivity index (χ0n) is 45.0. The summed E-state index contributed by atoms with van der Waals surface area (Å²) in [4.78, 5) is 7.80. The van der Waals surface area contributed by atoms with Crippen LogP contribution in [0.5, 0.6) is 23.0 Å². The van der Waals surface area contributed by atoms with Crippen LogP contribution in [0.3, 0.4) is 0 Å². The predicted octanol–water partition coefficient (Wildman–Crippen LogP) is 19.7. The lowest BCUT2D eigenvalue weighted by molar-refractivity contribution is 0.291. The van der Waals surface area contributed by atoms with Gasteiger partial charge in [-0.15, -0.1) is 0 Å². The molecule has 6 nitrogen and oxygen atoms in total. The Hall–Kier alpha value is -6.53. The molecule has 73 heavy (non-hydrogen) atoms. The number of nitrogens with zero attached hydrogens (tertiary/aromatic N) is 2. The highest BCUT2D eigenvalue weighted by Gasteiger charge is 2.19. The highest BCUT2D eigenvalue weighted by molar-refractivity contribution is 5.83. The molecule has 0 amide bonds. The van der Waals surface area contributed by atoms with Crippen molar-refractivity contribution in [2.75, 3.05) is 31.3 Å². The van der Waals surface area contributed by atoms with Gasteiger partial charge in [0, 0.05) is 40.3 Å². The fourth-order valence-corrected chi connectivity index (χ4v) is 9.17. The molecule has 7 rings (SSSR count). The van der Waals surface area contributed by atoms with Gasteiger partial charge in [-0.3, -0.25) is 0 Å². The number of anilines is 3. The van der Waals surface area contributed by atoms with Gasteiger partial charge in [-0.1, -0.05) is 177 Å². The van der Waals surface area contributed by atoms with E-state index in [0.717, 1.165) is 123 Å². The summed E-state index contributed by atoms with van der Waals surface area (Å²) in [7, 11) is 0. The van der Waals surface area contributed by atoms with Crippen LogP contribution in [0.1, 0.15) is 142 Å². The first-order valence-electron chi connectivity index (χ1n) is 27.8. The van der Waals surface area contributed by atoms with E-state index < -0.39 is 0 Å². The van der Waals surface area contributed by atoms with Gasteiger partial charge in [-0.25, -0.2) is 4.98 Å². The average Bonchev–Trinajstić information content (AvgIpc) is 3.42. The van der Waals surface area contributed by atoms with Crippen LogP contribution >= 0.6 is 0 Å². The number of aromatic nitrogens is 1. The average molecular weight is 979 g/mol. The first-order chi connectivity index (χ1) is 35.9. The molecule has 0 aliphatic heterocycles. The second-order valence-electron chi connectivity index (χ2n) is 19.7. The van der Waals surface area contributed by atoms with Gasteiger partial charge in [0.25, 0.3) is 0 Å². The third kappa shape index (κ3) is 16.2. The minimum absolute atomic E-state index is 0.633. The molecule has 0 atom stereocenters. The SMILES string of the molecule is CCCCCCOc1ccc(-c2cc(-c3ccc(-c4ccc(N(c5ccc(C)cc5)c5ccc(C)cc5)cc4)cc3)cc(-c3ccc(OCCCCCC)cc3OCCCCCC)n2)c(OCCCCCC)c1. The number of unbranched alkanes of at least 4 members (excludes halogenated alkanes) is 12. The lowest BCUT2D eigenvalue weighted by atomic mass is 9.97. The molecular weight excluding hydrogens is 897 g/mol. The number of pyridine rings is 1. The summed E-state index contributed by atoms with van der Waals surface area (Å²) in [5.41, 5.74) is 13.8. The molecule has 6 aromatic carbocycles. The van der Waals surface area contributed by atoms with Crippen LogP contribution in [0.15, 0.2) is 146 Å². The maximum absolute atomic E-state index is 6.68. The minimum Gasteiger partial charge on any atom is -0.493 e. The zero-order valence-corrected chi connectivity index (χ0v) is 45.0. The maximum Gasteiger partial charge on any atom is 0.132 e. The van der Waals surface area contributed by atoms with Crippen molar-refractivity contribution in [2.45, 2.75) is 144 Å². The van der Waals surface area contributed by atoms with Crippen molar-refractivity contribution in [2.24, 2.45) is 0 Å². The van der Waals surface area contributed by atoms with Gasteiger partial charge >= 0.3 is 0 Å². The molecule has 0 spiro atoms. The van der Waals surface area contributed by atoms with Crippen LogP contribution in [0.25, 0.3) is 44.8 Å². The number of rotatable bonds is 31. The number of hydrogen-bond acceptors (Lipinski definition) is 6. The Balaban J connectivity index is 1.26. The van der Waals surface area contributed by atoms with E-state index in [1.165, 1.54) is 75.3 Å². The molecule has 384 valence electrons. The molecule has 0 saturated carbocycles. The monoisotopic (exact) mass is 979 g/mol. The predicted molar refractivity (Wildman–Crippen MR) is 309 cm³/mol. The number of hydrogen-bond donors (Lipinski definition) is 0. The van der Waals surface area contributed by atoms with E-state index in [-0.39, 0.29) is 0 Å². The molecule has 1 aromatic heterocycles. The molecule has 0 N–H and O–H groups in total. The topological polar surface area (TPSA) is 53.1 Å². The van der Waals surface area contributed by atoms with Crippen molar-refractivity contribution in [3.8, 4) is 67.8 Å². The Bertz CT molecular complexity index is 2550. The smallest absolute Gasteiger partial charge is 0.132 e. The summed E-state index contributed by atoms with van der Waals surface area (Å²) in [6.07, 6.45) is 18.2. The van der Waals surface area contributed by atoms with Crippen molar-refractivity contribution in [1.82, 2.24) is 4.98 Å². The Kier molecular flexibility index (Phi) is 21.7. The van der Waals surface area contributed by atoms with E-state index in [0.29, 0.717) is 26.4 Å². The molecule has 0 aliphatic rings. The number of ether oxygens (including phenoxy) is 4. The molecular formula is C67H82N2O4. The standard InChI is InChI=1S/C67H82N2O4/c1-7-11-15-19-43-70-60-39-41-62(66(49-60)72-45-21-17-13-9-3)64-47-56(48-65(68-64)63-42-40-61(71-44-20-16-12-8-2)50-67(63)73-46-22-18-14-10-4)55-29-27-53(28-30-55)54-31-37-59(38-32-54)69(57-33-23-51(5)24-34-57)58-35-25-52(6)26-36-58/h23-42,47-50H,7-22,43-46H2,1-6H3. The maximum atomic E-state index is 6.68. The van der Waals surface area contributed by atoms with Gasteiger partial charge in [-0.2, -0.15) is 0 Å². The second kappa shape index (κ2) is 29.2. The minimum atomic E-state index is 0.633. The van der Waals surface area contributed by atoms with Gasteiger partial charge in [0.05, 0.1) is 37.8 Å². The van der Waals surface area contributed by atoms with E-state index >= 15 is 0 Å². The van der Waals surface area contributed by atoms with Crippen LogP contribution < -0.4 is 23.8 Å². The largest absolute Gasteiger partial charge is 0.493 e. The Labute approximate surface area is 439 Å². The van der Waals surface area contributed by atoms with Gasteiger partial charge in [-0.05, 0) is 135 Å². The Morgan fingerprint density at radius 2 is 0.658 bits per heavy atom. The molecule has 0 radical (unpaired) electrons. The van der Waals surface area contributed by atoms with Crippen molar-refractivity contribution in [3.63, 3.8) is 0 Å². The van der Waals surface area contributed by atoms with Gasteiger partial charge in [0.1, 0.15) is 23.0 Å². The fraction of sp³-hybridized carbons (Fsp3) is 0.388. The fourth-order valence-electron chi connectivity index (χ4n) is 9.17. The normalized spacial score (nSPS) is 11.2. The lowest BCUT2D eigenvalue weighted by Crippen LogP contribution is -2.09. The summed E-state index contributed by atoms with van der Waals surface area (Å²) in [6, 6.07) is 52.3. The second-order valence-corrected chi connectivity index (χ2v) is 19.7. The van der Waals surface area contributed by atoms with Crippen LogP contribution in [-0.2, 0) is 0 Å². The van der Waals surface area contributed by atoms with E-state index in [1.807, 2.05) is 0 Å². The quantitative estimate of drug-likeness (QED) is 0.0404. The molecule has 0 unspecified atom stereocenters. The third-order valence-corrected chi connectivity index (χ3v) is 13.6. The molecule has 0 fully saturated rings. The molecule has 0 aliphatic carbocycles. The third-order valence-electron chi connectivity index (χ3n) is 13.6. The molecule has 6 heteroatoms. The molecule has 0 bridgehead atoms. The van der Waals surface area contributed by atoms with E-state index in [2.05, 4.69) is 192 Å². The first kappa shape index (κ1) is 54.2. The first-order valence-corrected chi connectivity index (χ1v) is 27.8. The van der Waals surface area contributed by atoms with Crippen LogP contribution in [0.4, 0.5) is 17.1 Å². The highest BCUT2D eigenvalue weighted by atomic mass is 16.5. The summed E-state index contributed by atoms with van der Waals surface area (Å²) in [5, 5.41) is 0. The van der Waals surface area contributed by atoms with Crippen molar-refractivity contribution in [3.05, 3.63) is 157 Å². The molecule has 0 saturated heterocycles. The van der Waals surface area contributed by atoms with E-state index in [1.54, 1.807) is 0 Å². The summed E-state index contributed by atoms with van der Waals surface area (Å²) in [5.74, 6) is 3.23. The van der Waals surface area contributed by atoms with Crippen LogP contribution in [0, 0.1) is 13.8 Å². The van der Waals surface area contributed by atoms with Crippen LogP contribution in [0.2, 0.25) is 0 Å². The van der Waals surface area contributed by atoms with Crippen molar-refractivity contribution < 1.29 is 18.9 Å². The zero-order chi connectivity index (χ0) is 51.0. The van der Waals surface area contributed by atoms with Gasteiger partial charge in [0.15, 0.2) is 0 Å². The van der Waals surface area contributed by atoms with E-state index in [9.17, 15) is 0 Å². The number of benzene rings is 6. The van der Waals surface area contributed by atoms with E-state index in [4.69, 9.17) is 23.9 Å². The van der Waals surface area contributed by atoms with Crippen molar-refractivity contribution >= 4 is 17.1 Å². The van der Waals surface area contributed by atoms with Crippen LogP contribution in [-0.4, -0.2) is 31.4 Å².